The molecule has 3 aromatic rings. The molecule has 11 heteroatoms. The Morgan fingerprint density at radius 2 is 2.13 bits per heavy atom. The van der Waals surface area contributed by atoms with Crippen LogP contribution in [0.15, 0.2) is 46.5 Å². The zero-order valence-corrected chi connectivity index (χ0v) is 18.8. The second-order valence-electron chi connectivity index (χ2n) is 7.01. The van der Waals surface area contributed by atoms with E-state index in [0.717, 1.165) is 17.5 Å². The van der Waals surface area contributed by atoms with Crippen molar-refractivity contribution in [1.29, 1.82) is 0 Å². The van der Waals surface area contributed by atoms with Crippen LogP contribution < -0.4 is 11.2 Å². The number of hydrogen-bond acceptors (Lipinski definition) is 8. The fourth-order valence-electron chi connectivity index (χ4n) is 2.74. The number of aryl methyl sites for hydroxylation is 2. The Morgan fingerprint density at radius 1 is 1.39 bits per heavy atom. The number of thioether (sulfide) groups is 1. The summed E-state index contributed by atoms with van der Waals surface area (Å²) in [5.74, 6) is 4.69. The molecule has 2 aromatic heterocycles. The van der Waals surface area contributed by atoms with E-state index in [4.69, 9.17) is 5.84 Å². The summed E-state index contributed by atoms with van der Waals surface area (Å²) >= 11 is 2.34. The summed E-state index contributed by atoms with van der Waals surface area (Å²) in [6.45, 7) is 8.80. The van der Waals surface area contributed by atoms with Gasteiger partial charge < -0.3 is 16.3 Å². The van der Waals surface area contributed by atoms with E-state index in [-0.39, 0.29) is 17.2 Å². The van der Waals surface area contributed by atoms with Crippen LogP contribution in [-0.4, -0.2) is 24.9 Å². The molecule has 7 nitrogen and oxygen atoms in total. The Kier molecular flexibility index (Phi) is 6.77. The van der Waals surface area contributed by atoms with Crippen LogP contribution in [-0.2, 0) is 12.1 Å². The van der Waals surface area contributed by atoms with Gasteiger partial charge in [0.2, 0.25) is 0 Å². The number of benzene rings is 1. The average molecular weight is 465 g/mol. The van der Waals surface area contributed by atoms with Gasteiger partial charge in [0, 0.05) is 28.9 Å². The van der Waals surface area contributed by atoms with E-state index >= 15 is 0 Å². The molecule has 0 fully saturated rings. The Bertz CT molecular complexity index is 1140. The molecule has 3 rings (SSSR count). The van der Waals surface area contributed by atoms with Gasteiger partial charge in [0.05, 0.1) is 11.6 Å². The summed E-state index contributed by atoms with van der Waals surface area (Å²) in [6, 6.07) is 4.27. The predicted octanol–water partition coefficient (Wildman–Crippen LogP) is 4.08. The normalized spacial score (nSPS) is 13.8. The van der Waals surface area contributed by atoms with Crippen LogP contribution in [0.25, 0.3) is 0 Å². The van der Waals surface area contributed by atoms with Gasteiger partial charge in [-0.3, -0.25) is 4.68 Å². The van der Waals surface area contributed by atoms with Crippen molar-refractivity contribution in [2.45, 2.75) is 32.9 Å². The first-order valence-corrected chi connectivity index (χ1v) is 10.9. The molecule has 0 saturated carbocycles. The maximum Gasteiger partial charge on any atom is 0.163 e. The molecule has 1 aromatic carbocycles. The molecule has 164 valence electrons. The molecule has 0 aliphatic carbocycles. The number of nitrogens with two attached hydrogens (primary N) is 1. The number of halogens is 2. The van der Waals surface area contributed by atoms with Gasteiger partial charge in [-0.25, -0.2) is 13.8 Å². The first kappa shape index (κ1) is 22.9. The number of rotatable bonds is 7. The number of aliphatic hydroxyl groups is 1. The Morgan fingerprint density at radius 3 is 2.77 bits per heavy atom. The maximum absolute atomic E-state index is 14.2. The highest BCUT2D eigenvalue weighted by molar-refractivity contribution is 8.17. The van der Waals surface area contributed by atoms with Gasteiger partial charge in [0.15, 0.2) is 11.4 Å². The highest BCUT2D eigenvalue weighted by Gasteiger charge is 2.34. The molecule has 1 atom stereocenters. The minimum Gasteiger partial charge on any atom is -0.376 e. The summed E-state index contributed by atoms with van der Waals surface area (Å²) in [6.07, 6.45) is 1.59. The van der Waals surface area contributed by atoms with Gasteiger partial charge in [0.25, 0.3) is 0 Å². The molecule has 0 saturated heterocycles. The summed E-state index contributed by atoms with van der Waals surface area (Å²) in [4.78, 5) is 4.30. The van der Waals surface area contributed by atoms with Crippen molar-refractivity contribution in [1.82, 2.24) is 14.8 Å². The predicted molar refractivity (Wildman–Crippen MR) is 121 cm³/mol. The summed E-state index contributed by atoms with van der Waals surface area (Å²) in [5.41, 5.74) is -0.397. The van der Waals surface area contributed by atoms with E-state index in [1.54, 1.807) is 26.1 Å². The number of hydrazone groups is 1. The number of nitrogens with zero attached hydrogens (tertiary/aromatic N) is 4. The second kappa shape index (κ2) is 9.16. The van der Waals surface area contributed by atoms with Gasteiger partial charge in [-0.15, -0.1) is 11.3 Å². The largest absolute Gasteiger partial charge is 0.376 e. The van der Waals surface area contributed by atoms with E-state index in [0.29, 0.717) is 21.4 Å². The number of hydrogen-bond donors (Lipinski definition) is 3. The van der Waals surface area contributed by atoms with E-state index in [1.165, 1.54) is 28.2 Å². The van der Waals surface area contributed by atoms with Crippen molar-refractivity contribution in [2.24, 2.45) is 10.9 Å². The summed E-state index contributed by atoms with van der Waals surface area (Å²) < 4.78 is 29.6. The van der Waals surface area contributed by atoms with Gasteiger partial charge in [0.1, 0.15) is 21.7 Å². The van der Waals surface area contributed by atoms with Crippen molar-refractivity contribution < 1.29 is 13.9 Å². The minimum atomic E-state index is -1.48. The van der Waals surface area contributed by atoms with Crippen molar-refractivity contribution in [2.75, 3.05) is 5.32 Å². The van der Waals surface area contributed by atoms with Crippen LogP contribution in [0.3, 0.4) is 0 Å². The minimum absolute atomic E-state index is 0.0600. The van der Waals surface area contributed by atoms with Crippen LogP contribution in [0, 0.1) is 25.5 Å². The fraction of sp³-hybridized carbons (Fsp3) is 0.250. The van der Waals surface area contributed by atoms with Crippen molar-refractivity contribution in [3.8, 4) is 0 Å². The lowest BCUT2D eigenvalue weighted by molar-refractivity contribution is 0.136. The molecule has 0 spiro atoms. The molecule has 1 unspecified atom stereocenters. The molecule has 4 N–H and O–H groups in total. The molecular weight excluding hydrogens is 442 g/mol. The molecule has 0 amide bonds. The van der Waals surface area contributed by atoms with Gasteiger partial charge >= 0.3 is 0 Å². The molecular formula is C20H22F2N6OS2. The third kappa shape index (κ3) is 5.12. The Balaban J connectivity index is 1.68. The molecule has 31 heavy (non-hydrogen) atoms. The van der Waals surface area contributed by atoms with Crippen molar-refractivity contribution >= 4 is 34.0 Å². The lowest BCUT2D eigenvalue weighted by atomic mass is 10.1. The molecule has 0 radical (unpaired) electrons. The highest BCUT2D eigenvalue weighted by Crippen LogP contribution is 2.33. The molecule has 0 aliphatic rings. The Labute approximate surface area is 186 Å². The van der Waals surface area contributed by atoms with Crippen LogP contribution in [0.4, 0.5) is 14.6 Å². The number of thiazole rings is 1. The lowest BCUT2D eigenvalue weighted by Gasteiger charge is -2.22. The van der Waals surface area contributed by atoms with Crippen LogP contribution >= 0.6 is 23.1 Å². The topological polar surface area (TPSA) is 101 Å². The molecule has 0 bridgehead atoms. The smallest absolute Gasteiger partial charge is 0.163 e. The van der Waals surface area contributed by atoms with E-state index < -0.39 is 17.2 Å². The van der Waals surface area contributed by atoms with Gasteiger partial charge in [-0.2, -0.15) is 10.2 Å². The van der Waals surface area contributed by atoms with Crippen LogP contribution in [0.5, 0.6) is 0 Å². The van der Waals surface area contributed by atoms with E-state index in [9.17, 15) is 13.9 Å². The number of anilines is 1. The zero-order chi connectivity index (χ0) is 22.8. The third-order valence-electron chi connectivity index (χ3n) is 4.40. The third-order valence-corrected chi connectivity index (χ3v) is 6.61. The van der Waals surface area contributed by atoms with Gasteiger partial charge in [-0.05, 0) is 32.4 Å². The maximum atomic E-state index is 14.2. The second-order valence-corrected chi connectivity index (χ2v) is 8.95. The monoisotopic (exact) mass is 464 g/mol. The fourth-order valence-corrected chi connectivity index (χ4v) is 4.40. The first-order valence-electron chi connectivity index (χ1n) is 9.16. The highest BCUT2D eigenvalue weighted by atomic mass is 32.2. The lowest BCUT2D eigenvalue weighted by Crippen LogP contribution is -2.31. The van der Waals surface area contributed by atoms with Crippen molar-refractivity contribution in [3.63, 3.8) is 0 Å². The van der Waals surface area contributed by atoms with E-state index in [1.807, 2.05) is 12.3 Å². The van der Waals surface area contributed by atoms with Gasteiger partial charge in [-0.1, -0.05) is 24.4 Å². The quantitative estimate of drug-likeness (QED) is 0.211. The van der Waals surface area contributed by atoms with Crippen LogP contribution in [0.2, 0.25) is 0 Å². The van der Waals surface area contributed by atoms with Crippen molar-refractivity contribution in [3.05, 3.63) is 74.8 Å². The summed E-state index contributed by atoms with van der Waals surface area (Å²) in [7, 11) is 0. The zero-order valence-electron chi connectivity index (χ0n) is 17.2. The number of nitrogens with one attached hydrogen (secondary N) is 1. The number of aromatic nitrogens is 3. The summed E-state index contributed by atoms with van der Waals surface area (Å²) in [5, 5.41) is 24.7. The SMILES string of the molecule is C=C(Nc1ccn(Cc2c(F)ccc(C)c2F)n1)S/C(=N\N)C(C)(O)c1nc(C)cs1. The van der Waals surface area contributed by atoms with Crippen LogP contribution in [0.1, 0.15) is 28.8 Å². The Hall–Kier alpha value is -2.76. The molecule has 2 heterocycles. The standard InChI is InChI=1S/C20H22F2N6OS2/c1-11-5-6-15(21)14(17(11)22)9-28-8-7-16(27-28)25-13(3)31-19(26-23)20(4,29)18-24-12(2)10-30-18/h5-8,10,29H,3,9,23H2,1-2,4H3,(H,25,27)/b26-19-. The van der Waals surface area contributed by atoms with E-state index in [2.05, 4.69) is 27.1 Å². The average Bonchev–Trinajstić information content (AvgIpc) is 3.35. The first-order chi connectivity index (χ1) is 14.6. The molecule has 0 aliphatic heterocycles.